The molecule has 5 heteroatoms. The van der Waals surface area contributed by atoms with Crippen molar-refractivity contribution in [2.75, 3.05) is 0 Å². The third kappa shape index (κ3) is 3.65. The molecule has 0 aromatic carbocycles. The van der Waals surface area contributed by atoms with Crippen LogP contribution in [-0.4, -0.2) is 20.3 Å². The quantitative estimate of drug-likeness (QED) is 0.923. The Labute approximate surface area is 112 Å². The lowest BCUT2D eigenvalue weighted by Gasteiger charge is -2.19. The summed E-state index contributed by atoms with van der Waals surface area (Å²) in [6.07, 6.45) is 1.82. The van der Waals surface area contributed by atoms with Crippen LogP contribution < -0.4 is 5.32 Å². The minimum absolute atomic E-state index is 0.129. The van der Waals surface area contributed by atoms with Crippen molar-refractivity contribution in [2.45, 2.75) is 46.3 Å². The molecule has 0 spiro atoms. The molecule has 0 bridgehead atoms. The summed E-state index contributed by atoms with van der Waals surface area (Å²) in [6, 6.07) is 2.01. The van der Waals surface area contributed by atoms with E-state index in [9.17, 15) is 0 Å². The van der Waals surface area contributed by atoms with E-state index >= 15 is 0 Å². The molecule has 2 heterocycles. The summed E-state index contributed by atoms with van der Waals surface area (Å²) in [5, 5.41) is 11.0. The van der Waals surface area contributed by atoms with Crippen molar-refractivity contribution in [3.8, 4) is 0 Å². The molecule has 0 radical (unpaired) electrons. The first-order valence-corrected chi connectivity index (χ1v) is 6.99. The zero-order chi connectivity index (χ0) is 13.2. The van der Waals surface area contributed by atoms with Crippen LogP contribution in [0.15, 0.2) is 17.6 Å². The van der Waals surface area contributed by atoms with E-state index in [0.29, 0.717) is 0 Å². The maximum absolute atomic E-state index is 4.62. The Morgan fingerprint density at radius 3 is 2.78 bits per heavy atom. The van der Waals surface area contributed by atoms with Gasteiger partial charge in [-0.2, -0.15) is 5.10 Å². The highest BCUT2D eigenvalue weighted by atomic mass is 32.1. The van der Waals surface area contributed by atoms with Crippen LogP contribution >= 0.6 is 11.3 Å². The maximum Gasteiger partial charge on any atom is 0.107 e. The summed E-state index contributed by atoms with van der Waals surface area (Å²) < 4.78 is 1.97. The van der Waals surface area contributed by atoms with Gasteiger partial charge in [-0.1, -0.05) is 0 Å². The number of aryl methyl sites for hydroxylation is 1. The molecule has 0 unspecified atom stereocenters. The van der Waals surface area contributed by atoms with Gasteiger partial charge in [0.1, 0.15) is 5.01 Å². The predicted octanol–water partition coefficient (Wildman–Crippen LogP) is 2.58. The van der Waals surface area contributed by atoms with Crippen molar-refractivity contribution in [3.05, 3.63) is 34.0 Å². The Bertz CT molecular complexity index is 507. The number of hydrogen-bond acceptors (Lipinski definition) is 4. The van der Waals surface area contributed by atoms with Gasteiger partial charge in [0.05, 0.1) is 12.2 Å². The van der Waals surface area contributed by atoms with Gasteiger partial charge >= 0.3 is 0 Å². The van der Waals surface area contributed by atoms with Crippen molar-refractivity contribution in [3.63, 3.8) is 0 Å². The Balaban J connectivity index is 1.96. The molecule has 2 aromatic heterocycles. The molecule has 0 atom stereocenters. The molecule has 0 aliphatic rings. The van der Waals surface area contributed by atoms with Gasteiger partial charge in [0, 0.05) is 29.4 Å². The first-order chi connectivity index (χ1) is 8.44. The van der Waals surface area contributed by atoms with Gasteiger partial charge in [0.2, 0.25) is 0 Å². The highest BCUT2D eigenvalue weighted by molar-refractivity contribution is 7.09. The molecule has 0 saturated carbocycles. The van der Waals surface area contributed by atoms with Crippen LogP contribution in [0.4, 0.5) is 0 Å². The van der Waals surface area contributed by atoms with Crippen LogP contribution in [0.25, 0.3) is 0 Å². The lowest BCUT2D eigenvalue weighted by Crippen LogP contribution is -2.35. The summed E-state index contributed by atoms with van der Waals surface area (Å²) in [7, 11) is 0. The number of nitrogens with zero attached hydrogens (tertiary/aromatic N) is 3. The number of aromatic nitrogens is 3. The molecule has 0 aliphatic heterocycles. The molecule has 0 saturated heterocycles. The van der Waals surface area contributed by atoms with E-state index in [0.717, 1.165) is 29.5 Å². The van der Waals surface area contributed by atoms with Gasteiger partial charge in [-0.05, 0) is 33.8 Å². The smallest absolute Gasteiger partial charge is 0.107 e. The normalized spacial score (nSPS) is 12.0. The third-order valence-corrected chi connectivity index (χ3v) is 3.51. The summed E-state index contributed by atoms with van der Waals surface area (Å²) in [4.78, 5) is 4.62. The second-order valence-corrected chi connectivity index (χ2v) is 6.41. The number of nitrogens with one attached hydrogen (secondary N) is 1. The van der Waals surface area contributed by atoms with Gasteiger partial charge in [-0.25, -0.2) is 4.98 Å². The highest BCUT2D eigenvalue weighted by Gasteiger charge is 2.10. The molecule has 18 heavy (non-hydrogen) atoms. The second-order valence-electron chi connectivity index (χ2n) is 5.47. The predicted molar refractivity (Wildman–Crippen MR) is 74.8 cm³/mol. The van der Waals surface area contributed by atoms with Gasteiger partial charge in [0.25, 0.3) is 0 Å². The first-order valence-electron chi connectivity index (χ1n) is 6.11. The van der Waals surface area contributed by atoms with E-state index in [2.05, 4.69) is 48.5 Å². The summed E-state index contributed by atoms with van der Waals surface area (Å²) >= 11 is 1.70. The monoisotopic (exact) mass is 264 g/mol. The topological polar surface area (TPSA) is 42.7 Å². The van der Waals surface area contributed by atoms with E-state index in [-0.39, 0.29) is 5.54 Å². The molecule has 0 aliphatic carbocycles. The molecule has 2 aromatic rings. The van der Waals surface area contributed by atoms with Crippen molar-refractivity contribution in [1.29, 1.82) is 0 Å². The number of thiazole rings is 1. The van der Waals surface area contributed by atoms with Crippen LogP contribution in [0.5, 0.6) is 0 Å². The summed E-state index contributed by atoms with van der Waals surface area (Å²) in [6.45, 7) is 10.1. The van der Waals surface area contributed by atoms with Gasteiger partial charge in [-0.15, -0.1) is 11.3 Å². The second kappa shape index (κ2) is 5.20. The molecule has 1 N–H and O–H groups in total. The van der Waals surface area contributed by atoms with Gasteiger partial charge < -0.3 is 5.32 Å². The van der Waals surface area contributed by atoms with E-state index in [1.165, 1.54) is 0 Å². The Kier molecular flexibility index (Phi) is 3.82. The lowest BCUT2D eigenvalue weighted by molar-refractivity contribution is 0.423. The minimum atomic E-state index is 0.129. The molecule has 98 valence electrons. The van der Waals surface area contributed by atoms with Crippen molar-refractivity contribution in [2.24, 2.45) is 0 Å². The zero-order valence-corrected chi connectivity index (χ0v) is 12.2. The van der Waals surface area contributed by atoms with E-state index in [4.69, 9.17) is 0 Å². The zero-order valence-electron chi connectivity index (χ0n) is 11.4. The first kappa shape index (κ1) is 13.2. The van der Waals surface area contributed by atoms with Gasteiger partial charge in [0.15, 0.2) is 0 Å². The highest BCUT2D eigenvalue weighted by Crippen LogP contribution is 2.12. The SMILES string of the molecule is Cc1ccnn1Cc1csc(CNC(C)(C)C)n1. The maximum atomic E-state index is 4.62. The third-order valence-electron chi connectivity index (χ3n) is 2.61. The van der Waals surface area contributed by atoms with Crippen LogP contribution in [-0.2, 0) is 13.1 Å². The van der Waals surface area contributed by atoms with Crippen LogP contribution in [0.3, 0.4) is 0 Å². The van der Waals surface area contributed by atoms with E-state index < -0.39 is 0 Å². The van der Waals surface area contributed by atoms with Crippen LogP contribution in [0, 0.1) is 6.92 Å². The molecular weight excluding hydrogens is 244 g/mol. The van der Waals surface area contributed by atoms with E-state index in [1.54, 1.807) is 11.3 Å². The van der Waals surface area contributed by atoms with Crippen molar-refractivity contribution < 1.29 is 0 Å². The Hall–Kier alpha value is -1.20. The number of rotatable bonds is 4. The van der Waals surface area contributed by atoms with Gasteiger partial charge in [-0.3, -0.25) is 4.68 Å². The van der Waals surface area contributed by atoms with Crippen molar-refractivity contribution in [1.82, 2.24) is 20.1 Å². The molecule has 2 rings (SSSR count). The molecule has 0 amide bonds. The fourth-order valence-electron chi connectivity index (χ4n) is 1.56. The van der Waals surface area contributed by atoms with Crippen LogP contribution in [0.1, 0.15) is 37.2 Å². The minimum Gasteiger partial charge on any atom is -0.306 e. The largest absolute Gasteiger partial charge is 0.306 e. The summed E-state index contributed by atoms with van der Waals surface area (Å²) in [5.74, 6) is 0. The molecule has 0 fully saturated rings. The molecule has 4 nitrogen and oxygen atoms in total. The average molecular weight is 264 g/mol. The molecular formula is C13H20N4S. The Morgan fingerprint density at radius 1 is 1.39 bits per heavy atom. The lowest BCUT2D eigenvalue weighted by atomic mass is 10.1. The number of hydrogen-bond donors (Lipinski definition) is 1. The van der Waals surface area contributed by atoms with Crippen LogP contribution in [0.2, 0.25) is 0 Å². The standard InChI is InChI=1S/C13H20N4S/c1-10-5-6-15-17(10)8-11-9-18-12(16-11)7-14-13(2,3)4/h5-6,9,14H,7-8H2,1-4H3. The summed E-state index contributed by atoms with van der Waals surface area (Å²) in [5.41, 5.74) is 2.37. The fourth-order valence-corrected chi connectivity index (χ4v) is 2.29. The van der Waals surface area contributed by atoms with E-state index in [1.807, 2.05) is 16.9 Å². The Morgan fingerprint density at radius 2 is 2.17 bits per heavy atom. The average Bonchev–Trinajstić information content (AvgIpc) is 2.86. The fraction of sp³-hybridized carbons (Fsp3) is 0.538. The van der Waals surface area contributed by atoms with Crippen molar-refractivity contribution >= 4 is 11.3 Å².